The molecule has 1 aliphatic heterocycles. The minimum Gasteiger partial charge on any atom is -0.334 e. The molecule has 0 bridgehead atoms. The van der Waals surface area contributed by atoms with Crippen LogP contribution >= 0.6 is 12.4 Å². The Labute approximate surface area is 170 Å². The zero-order chi connectivity index (χ0) is 18.1. The highest BCUT2D eigenvalue weighted by Gasteiger charge is 2.20. The average molecular weight is 403 g/mol. The molecule has 2 N–H and O–H groups in total. The standard InChI is InChI=1S/C19H26N8.ClH/c1-2-4-14(5-3-1)17-12-27-19(21-13-23-27)18(25-17)24-15-10-22-26(11-15)16-6-8-20-9-7-16;/h10-14,16,20H,1-9H2,(H,24,25);1H. The molecule has 150 valence electrons. The molecule has 28 heavy (non-hydrogen) atoms. The quantitative estimate of drug-likeness (QED) is 0.695. The van der Waals surface area contributed by atoms with Crippen molar-refractivity contribution in [2.75, 3.05) is 18.4 Å². The molecule has 1 saturated carbocycles. The first-order chi connectivity index (χ1) is 13.4. The minimum absolute atomic E-state index is 0. The Hall–Kier alpha value is -2.19. The van der Waals surface area contributed by atoms with Crippen LogP contribution in [0.25, 0.3) is 5.65 Å². The molecule has 4 heterocycles. The van der Waals surface area contributed by atoms with E-state index in [4.69, 9.17) is 4.98 Å². The lowest BCUT2D eigenvalue weighted by molar-refractivity contribution is 0.343. The number of anilines is 2. The van der Waals surface area contributed by atoms with Crippen LogP contribution in [0.15, 0.2) is 24.9 Å². The molecule has 0 radical (unpaired) electrons. The zero-order valence-corrected chi connectivity index (χ0v) is 16.7. The molecule has 1 saturated heterocycles. The molecular weight excluding hydrogens is 376 g/mol. The van der Waals surface area contributed by atoms with Gasteiger partial charge in [-0.15, -0.1) is 12.4 Å². The van der Waals surface area contributed by atoms with E-state index in [0.29, 0.717) is 12.0 Å². The van der Waals surface area contributed by atoms with Gasteiger partial charge in [-0.25, -0.2) is 14.5 Å². The lowest BCUT2D eigenvalue weighted by atomic mass is 9.87. The van der Waals surface area contributed by atoms with Crippen LogP contribution in [-0.4, -0.2) is 42.5 Å². The van der Waals surface area contributed by atoms with E-state index in [1.165, 1.54) is 32.1 Å². The van der Waals surface area contributed by atoms with E-state index in [1.807, 2.05) is 16.9 Å². The van der Waals surface area contributed by atoms with Gasteiger partial charge in [0.05, 0.1) is 29.8 Å². The predicted octanol–water partition coefficient (Wildman–Crippen LogP) is 3.46. The fraction of sp³-hybridized carbons (Fsp3) is 0.579. The van der Waals surface area contributed by atoms with Gasteiger partial charge in [-0.3, -0.25) is 4.68 Å². The highest BCUT2D eigenvalue weighted by atomic mass is 35.5. The predicted molar refractivity (Wildman–Crippen MR) is 111 cm³/mol. The Morgan fingerprint density at radius 2 is 1.82 bits per heavy atom. The van der Waals surface area contributed by atoms with Crippen LogP contribution in [0.1, 0.15) is 62.6 Å². The zero-order valence-electron chi connectivity index (χ0n) is 15.9. The van der Waals surface area contributed by atoms with Gasteiger partial charge in [0, 0.05) is 12.1 Å². The molecule has 0 unspecified atom stereocenters. The number of fused-ring (bicyclic) bond motifs is 1. The highest BCUT2D eigenvalue weighted by Crippen LogP contribution is 2.33. The van der Waals surface area contributed by atoms with Crippen LogP contribution < -0.4 is 10.6 Å². The molecule has 0 aromatic carbocycles. The van der Waals surface area contributed by atoms with Crippen LogP contribution in [0.4, 0.5) is 11.5 Å². The summed E-state index contributed by atoms with van der Waals surface area (Å²) in [6.45, 7) is 2.11. The number of hydrogen-bond acceptors (Lipinski definition) is 6. The van der Waals surface area contributed by atoms with Gasteiger partial charge in [-0.05, 0) is 38.8 Å². The third kappa shape index (κ3) is 3.84. The highest BCUT2D eigenvalue weighted by molar-refractivity contribution is 5.85. The van der Waals surface area contributed by atoms with Crippen LogP contribution in [0.3, 0.4) is 0 Å². The molecule has 0 spiro atoms. The van der Waals surface area contributed by atoms with E-state index in [-0.39, 0.29) is 12.4 Å². The minimum atomic E-state index is 0. The van der Waals surface area contributed by atoms with Crippen molar-refractivity contribution in [2.45, 2.75) is 56.9 Å². The van der Waals surface area contributed by atoms with Crippen molar-refractivity contribution in [3.8, 4) is 0 Å². The van der Waals surface area contributed by atoms with Gasteiger partial charge in [0.1, 0.15) is 6.33 Å². The second kappa shape index (κ2) is 8.45. The molecule has 0 amide bonds. The summed E-state index contributed by atoms with van der Waals surface area (Å²) in [6.07, 6.45) is 16.1. The Morgan fingerprint density at radius 3 is 2.64 bits per heavy atom. The Balaban J connectivity index is 0.00000192. The molecule has 5 rings (SSSR count). The van der Waals surface area contributed by atoms with Gasteiger partial charge in [-0.2, -0.15) is 10.2 Å². The van der Waals surface area contributed by atoms with Crippen molar-refractivity contribution in [3.05, 3.63) is 30.6 Å². The largest absolute Gasteiger partial charge is 0.334 e. The van der Waals surface area contributed by atoms with Gasteiger partial charge < -0.3 is 10.6 Å². The average Bonchev–Trinajstić information content (AvgIpc) is 3.39. The Bertz CT molecular complexity index is 908. The lowest BCUT2D eigenvalue weighted by Crippen LogP contribution is -2.29. The molecule has 8 nitrogen and oxygen atoms in total. The van der Waals surface area contributed by atoms with E-state index in [9.17, 15) is 0 Å². The Morgan fingerprint density at radius 1 is 1.00 bits per heavy atom. The number of piperidine rings is 1. The number of rotatable bonds is 4. The van der Waals surface area contributed by atoms with Crippen molar-refractivity contribution in [1.29, 1.82) is 0 Å². The summed E-state index contributed by atoms with van der Waals surface area (Å²) >= 11 is 0. The maximum atomic E-state index is 4.93. The first-order valence-electron chi connectivity index (χ1n) is 10.1. The summed E-state index contributed by atoms with van der Waals surface area (Å²) in [6, 6.07) is 0.469. The summed E-state index contributed by atoms with van der Waals surface area (Å²) in [5, 5.41) is 15.8. The monoisotopic (exact) mass is 402 g/mol. The van der Waals surface area contributed by atoms with Crippen molar-refractivity contribution >= 4 is 29.6 Å². The molecule has 0 atom stereocenters. The molecule has 3 aromatic heterocycles. The molecule has 2 aliphatic rings. The molecule has 1 aliphatic carbocycles. The first-order valence-corrected chi connectivity index (χ1v) is 10.1. The Kier molecular flexibility index (Phi) is 5.77. The number of nitrogens with one attached hydrogen (secondary N) is 2. The lowest BCUT2D eigenvalue weighted by Gasteiger charge is -2.22. The summed E-state index contributed by atoms with van der Waals surface area (Å²) in [5.41, 5.74) is 2.82. The van der Waals surface area contributed by atoms with Crippen LogP contribution in [0.2, 0.25) is 0 Å². The smallest absolute Gasteiger partial charge is 0.198 e. The SMILES string of the molecule is Cl.c1nc2c(Nc3cnn(C4CCNCC4)c3)nc(C3CCCCC3)cn2n1. The second-order valence-corrected chi connectivity index (χ2v) is 7.69. The summed E-state index contributed by atoms with van der Waals surface area (Å²) < 4.78 is 3.92. The van der Waals surface area contributed by atoms with Crippen molar-refractivity contribution in [2.24, 2.45) is 0 Å². The van der Waals surface area contributed by atoms with Gasteiger partial charge in [-0.1, -0.05) is 19.3 Å². The van der Waals surface area contributed by atoms with Gasteiger partial charge in [0.2, 0.25) is 0 Å². The molecule has 2 fully saturated rings. The van der Waals surface area contributed by atoms with E-state index >= 15 is 0 Å². The van der Waals surface area contributed by atoms with Crippen LogP contribution in [-0.2, 0) is 0 Å². The number of hydrogen-bond donors (Lipinski definition) is 2. The third-order valence-electron chi connectivity index (χ3n) is 5.85. The molecular formula is C19H27ClN8. The van der Waals surface area contributed by atoms with Gasteiger partial charge >= 0.3 is 0 Å². The van der Waals surface area contributed by atoms with Crippen molar-refractivity contribution < 1.29 is 0 Å². The summed E-state index contributed by atoms with van der Waals surface area (Å²) in [5.74, 6) is 1.28. The maximum Gasteiger partial charge on any atom is 0.198 e. The fourth-order valence-electron chi connectivity index (χ4n) is 4.34. The van der Waals surface area contributed by atoms with E-state index in [1.54, 1.807) is 6.33 Å². The van der Waals surface area contributed by atoms with E-state index < -0.39 is 0 Å². The first kappa shape index (κ1) is 19.1. The molecule has 9 heteroatoms. The van der Waals surface area contributed by atoms with Crippen molar-refractivity contribution in [1.82, 2.24) is 34.7 Å². The second-order valence-electron chi connectivity index (χ2n) is 7.69. The number of nitrogens with zero attached hydrogens (tertiary/aromatic N) is 6. The van der Waals surface area contributed by atoms with Gasteiger partial charge in [0.25, 0.3) is 0 Å². The topological polar surface area (TPSA) is 85.0 Å². The van der Waals surface area contributed by atoms with Crippen molar-refractivity contribution in [3.63, 3.8) is 0 Å². The van der Waals surface area contributed by atoms with Gasteiger partial charge in [0.15, 0.2) is 11.5 Å². The number of halogens is 1. The summed E-state index contributed by atoms with van der Waals surface area (Å²) in [7, 11) is 0. The van der Waals surface area contributed by atoms with E-state index in [2.05, 4.69) is 36.7 Å². The normalized spacial score (nSPS) is 18.9. The third-order valence-corrected chi connectivity index (χ3v) is 5.85. The van der Waals surface area contributed by atoms with Crippen LogP contribution in [0.5, 0.6) is 0 Å². The fourth-order valence-corrected chi connectivity index (χ4v) is 4.34. The number of aromatic nitrogens is 6. The summed E-state index contributed by atoms with van der Waals surface area (Å²) in [4.78, 5) is 9.32. The van der Waals surface area contributed by atoms with Crippen LogP contribution in [0, 0.1) is 0 Å². The van der Waals surface area contributed by atoms with E-state index in [0.717, 1.165) is 48.8 Å². The molecule has 3 aromatic rings. The maximum absolute atomic E-state index is 4.93.